The van der Waals surface area contributed by atoms with E-state index < -0.39 is 5.97 Å². The molecule has 0 aliphatic carbocycles. The standard InChI is InChI=1S/C11H13N3O2S/c1-2-17-6-5-14-10-4-3-8(11(15)16)7-9(10)12-13-14/h3-4,7H,2,5-6H2,1H3,(H,15,16). The van der Waals surface area contributed by atoms with Crippen molar-refractivity contribution in [3.63, 3.8) is 0 Å². The van der Waals surface area contributed by atoms with Crippen LogP contribution in [0, 0.1) is 0 Å². The number of rotatable bonds is 5. The van der Waals surface area contributed by atoms with Crippen LogP contribution < -0.4 is 0 Å². The number of carboxylic acid groups (broad SMARTS) is 1. The highest BCUT2D eigenvalue weighted by Crippen LogP contribution is 2.14. The van der Waals surface area contributed by atoms with Crippen LogP contribution in [0.5, 0.6) is 0 Å². The van der Waals surface area contributed by atoms with Gasteiger partial charge in [-0.05, 0) is 24.0 Å². The molecule has 2 rings (SSSR count). The molecular formula is C11H13N3O2S. The first-order valence-electron chi connectivity index (χ1n) is 5.36. The van der Waals surface area contributed by atoms with Crippen molar-refractivity contribution in [3.8, 4) is 0 Å². The van der Waals surface area contributed by atoms with Gasteiger partial charge in [0.2, 0.25) is 0 Å². The first-order chi connectivity index (χ1) is 8.22. The number of aryl methyl sites for hydroxylation is 1. The molecule has 0 aliphatic heterocycles. The number of aromatic carboxylic acids is 1. The number of aromatic nitrogens is 3. The quantitative estimate of drug-likeness (QED) is 0.822. The van der Waals surface area contributed by atoms with Gasteiger partial charge in [-0.3, -0.25) is 0 Å². The molecule has 1 aromatic heterocycles. The predicted molar refractivity (Wildman–Crippen MR) is 67.5 cm³/mol. The Bertz CT molecular complexity index is 538. The molecule has 0 fully saturated rings. The first-order valence-corrected chi connectivity index (χ1v) is 6.52. The van der Waals surface area contributed by atoms with Crippen LogP contribution in [0.15, 0.2) is 18.2 Å². The van der Waals surface area contributed by atoms with Crippen molar-refractivity contribution in [2.75, 3.05) is 11.5 Å². The maximum absolute atomic E-state index is 10.8. The second-order valence-electron chi connectivity index (χ2n) is 3.52. The van der Waals surface area contributed by atoms with Gasteiger partial charge >= 0.3 is 5.97 Å². The number of thioether (sulfide) groups is 1. The highest BCUT2D eigenvalue weighted by molar-refractivity contribution is 7.99. The number of hydrogen-bond donors (Lipinski definition) is 1. The highest BCUT2D eigenvalue weighted by atomic mass is 32.2. The largest absolute Gasteiger partial charge is 0.478 e. The molecule has 1 aromatic carbocycles. The highest BCUT2D eigenvalue weighted by Gasteiger charge is 2.08. The number of carbonyl (C=O) groups is 1. The van der Waals surface area contributed by atoms with Crippen LogP contribution in [0.3, 0.4) is 0 Å². The Morgan fingerprint density at radius 3 is 3.06 bits per heavy atom. The van der Waals surface area contributed by atoms with Gasteiger partial charge in [0.25, 0.3) is 0 Å². The molecule has 1 heterocycles. The summed E-state index contributed by atoms with van der Waals surface area (Å²) in [5.41, 5.74) is 1.76. The van der Waals surface area contributed by atoms with E-state index in [1.165, 1.54) is 0 Å². The smallest absolute Gasteiger partial charge is 0.335 e. The zero-order chi connectivity index (χ0) is 12.3. The van der Waals surface area contributed by atoms with Gasteiger partial charge in [-0.2, -0.15) is 11.8 Å². The zero-order valence-electron chi connectivity index (χ0n) is 9.46. The number of carboxylic acids is 1. The third kappa shape index (κ3) is 2.58. The molecule has 0 unspecified atom stereocenters. The molecule has 90 valence electrons. The molecule has 6 heteroatoms. The van der Waals surface area contributed by atoms with Crippen LogP contribution in [-0.4, -0.2) is 37.6 Å². The summed E-state index contributed by atoms with van der Waals surface area (Å²) in [5, 5.41) is 16.9. The Morgan fingerprint density at radius 2 is 2.35 bits per heavy atom. The molecule has 0 bridgehead atoms. The fraction of sp³-hybridized carbons (Fsp3) is 0.364. The van der Waals surface area contributed by atoms with Crippen LogP contribution in [0.2, 0.25) is 0 Å². The Kier molecular flexibility index (Phi) is 3.63. The SMILES string of the molecule is CCSCCn1nnc2cc(C(=O)O)ccc21. The molecule has 2 aromatic rings. The summed E-state index contributed by atoms with van der Waals surface area (Å²) in [6, 6.07) is 4.89. The van der Waals surface area contributed by atoms with Gasteiger partial charge in [0.15, 0.2) is 0 Å². The lowest BCUT2D eigenvalue weighted by molar-refractivity contribution is 0.0697. The van der Waals surface area contributed by atoms with Crippen molar-refractivity contribution in [2.45, 2.75) is 13.5 Å². The number of benzene rings is 1. The summed E-state index contributed by atoms with van der Waals surface area (Å²) in [5.74, 6) is 1.12. The molecule has 0 atom stereocenters. The van der Waals surface area contributed by atoms with Crippen LogP contribution in [0.1, 0.15) is 17.3 Å². The minimum Gasteiger partial charge on any atom is -0.478 e. The minimum absolute atomic E-state index is 0.243. The summed E-state index contributed by atoms with van der Waals surface area (Å²) in [6.07, 6.45) is 0. The Morgan fingerprint density at radius 1 is 1.53 bits per heavy atom. The molecule has 0 radical (unpaired) electrons. The van der Waals surface area contributed by atoms with Crippen molar-refractivity contribution in [3.05, 3.63) is 23.8 Å². The van der Waals surface area contributed by atoms with E-state index in [9.17, 15) is 4.79 Å². The van der Waals surface area contributed by atoms with E-state index in [4.69, 9.17) is 5.11 Å². The lowest BCUT2D eigenvalue weighted by Gasteiger charge is -2.01. The van der Waals surface area contributed by atoms with Gasteiger partial charge < -0.3 is 5.11 Å². The normalized spacial score (nSPS) is 10.9. The average Bonchev–Trinajstić information content (AvgIpc) is 2.72. The van der Waals surface area contributed by atoms with E-state index in [0.717, 1.165) is 23.6 Å². The van der Waals surface area contributed by atoms with Crippen molar-refractivity contribution in [1.29, 1.82) is 0 Å². The van der Waals surface area contributed by atoms with Crippen molar-refractivity contribution < 1.29 is 9.90 Å². The maximum atomic E-state index is 10.8. The van der Waals surface area contributed by atoms with Gasteiger partial charge in [0.1, 0.15) is 5.52 Å². The average molecular weight is 251 g/mol. The number of fused-ring (bicyclic) bond motifs is 1. The predicted octanol–water partition coefficient (Wildman–Crippen LogP) is 1.88. The van der Waals surface area contributed by atoms with Crippen molar-refractivity contribution >= 4 is 28.8 Å². The van der Waals surface area contributed by atoms with Crippen molar-refractivity contribution in [1.82, 2.24) is 15.0 Å². The Hall–Kier alpha value is -1.56. The van der Waals surface area contributed by atoms with Crippen LogP contribution in [0.4, 0.5) is 0 Å². The summed E-state index contributed by atoms with van der Waals surface area (Å²) in [7, 11) is 0. The maximum Gasteiger partial charge on any atom is 0.335 e. The Balaban J connectivity index is 2.25. The zero-order valence-corrected chi connectivity index (χ0v) is 10.3. The van der Waals surface area contributed by atoms with Crippen LogP contribution in [-0.2, 0) is 6.54 Å². The molecule has 0 saturated carbocycles. The van der Waals surface area contributed by atoms with Gasteiger partial charge in [-0.25, -0.2) is 9.48 Å². The lowest BCUT2D eigenvalue weighted by Crippen LogP contribution is -2.03. The van der Waals surface area contributed by atoms with E-state index in [1.807, 2.05) is 16.4 Å². The molecule has 0 amide bonds. The fourth-order valence-corrected chi connectivity index (χ4v) is 2.16. The van der Waals surface area contributed by atoms with E-state index in [2.05, 4.69) is 17.2 Å². The third-order valence-corrected chi connectivity index (χ3v) is 3.29. The van der Waals surface area contributed by atoms with Gasteiger partial charge in [-0.15, -0.1) is 5.10 Å². The van der Waals surface area contributed by atoms with Crippen molar-refractivity contribution in [2.24, 2.45) is 0 Å². The monoisotopic (exact) mass is 251 g/mol. The van der Waals surface area contributed by atoms with Gasteiger partial charge in [-0.1, -0.05) is 12.1 Å². The summed E-state index contributed by atoms with van der Waals surface area (Å²) < 4.78 is 1.81. The minimum atomic E-state index is -0.942. The molecule has 0 saturated heterocycles. The second kappa shape index (κ2) is 5.18. The van der Waals surface area contributed by atoms with E-state index in [1.54, 1.807) is 18.2 Å². The van der Waals surface area contributed by atoms with Crippen LogP contribution >= 0.6 is 11.8 Å². The Labute approximate surface area is 103 Å². The summed E-state index contributed by atoms with van der Waals surface area (Å²) >= 11 is 1.84. The lowest BCUT2D eigenvalue weighted by atomic mass is 10.2. The summed E-state index contributed by atoms with van der Waals surface area (Å²) in [6.45, 7) is 2.91. The third-order valence-electron chi connectivity index (χ3n) is 2.41. The first kappa shape index (κ1) is 11.9. The number of nitrogens with zero attached hydrogens (tertiary/aromatic N) is 3. The molecule has 5 nitrogen and oxygen atoms in total. The second-order valence-corrected chi connectivity index (χ2v) is 4.91. The van der Waals surface area contributed by atoms with E-state index in [0.29, 0.717) is 5.52 Å². The fourth-order valence-electron chi connectivity index (χ4n) is 1.57. The summed E-state index contributed by atoms with van der Waals surface area (Å²) in [4.78, 5) is 10.8. The molecule has 0 spiro atoms. The topological polar surface area (TPSA) is 68.0 Å². The van der Waals surface area contributed by atoms with E-state index >= 15 is 0 Å². The van der Waals surface area contributed by atoms with Gasteiger partial charge in [0.05, 0.1) is 17.6 Å². The molecule has 0 aliphatic rings. The molecular weight excluding hydrogens is 238 g/mol. The number of hydrogen-bond acceptors (Lipinski definition) is 4. The van der Waals surface area contributed by atoms with Gasteiger partial charge in [0, 0.05) is 5.75 Å². The van der Waals surface area contributed by atoms with Crippen LogP contribution in [0.25, 0.3) is 11.0 Å². The molecule has 17 heavy (non-hydrogen) atoms. The van der Waals surface area contributed by atoms with E-state index in [-0.39, 0.29) is 5.56 Å². The molecule has 1 N–H and O–H groups in total.